The van der Waals surface area contributed by atoms with Crippen LogP contribution in [0.2, 0.25) is 0 Å². The molecule has 210 valence electrons. The van der Waals surface area contributed by atoms with Crippen LogP contribution >= 0.6 is 0 Å². The number of aliphatic hydroxyl groups excluding tert-OH is 1. The van der Waals surface area contributed by atoms with Gasteiger partial charge in [0.25, 0.3) is 0 Å². The number of Topliss-reactive ketones (excluding diaryl/α,β-unsaturated/α-hetero) is 1. The van der Waals surface area contributed by atoms with Crippen LogP contribution in [0.4, 0.5) is 0 Å². The molecular weight excluding hydrogens is 522 g/mol. The molecule has 2 N–H and O–H groups in total. The maximum absolute atomic E-state index is 13.9. The predicted molar refractivity (Wildman–Crippen MR) is 149 cm³/mol. The molecule has 0 radical (unpaired) electrons. The van der Waals surface area contributed by atoms with Crippen LogP contribution in [-0.2, 0) is 25.6 Å². The summed E-state index contributed by atoms with van der Waals surface area (Å²) >= 11 is 0. The first-order chi connectivity index (χ1) is 19.8. The van der Waals surface area contributed by atoms with Crippen LogP contribution in [0.1, 0.15) is 36.8 Å². The van der Waals surface area contributed by atoms with Gasteiger partial charge in [-0.05, 0) is 61.9 Å². The van der Waals surface area contributed by atoms with Gasteiger partial charge < -0.3 is 14.9 Å². The van der Waals surface area contributed by atoms with Crippen molar-refractivity contribution >= 4 is 23.4 Å². The topological polar surface area (TPSA) is 121 Å². The Morgan fingerprint density at radius 3 is 2.49 bits per heavy atom. The Hall–Kier alpha value is -4.30. The molecule has 1 heterocycles. The number of benzene rings is 2. The highest BCUT2D eigenvalue weighted by Gasteiger charge is 2.56. The number of carbonyl (C=O) groups excluding carboxylic acids is 4. The molecule has 6 rings (SSSR count). The number of phenols is 1. The van der Waals surface area contributed by atoms with E-state index < -0.39 is 23.7 Å². The number of phenolic OH excluding ortho intramolecular Hbond substituents is 1. The van der Waals surface area contributed by atoms with E-state index in [0.717, 1.165) is 11.1 Å². The molecule has 1 fully saturated rings. The van der Waals surface area contributed by atoms with E-state index in [4.69, 9.17) is 4.74 Å². The van der Waals surface area contributed by atoms with Gasteiger partial charge in [0.1, 0.15) is 18.1 Å². The Labute approximate surface area is 237 Å². The number of para-hydroxylation sites is 1. The number of imide groups is 1. The summed E-state index contributed by atoms with van der Waals surface area (Å²) in [4.78, 5) is 55.7. The summed E-state index contributed by atoms with van der Waals surface area (Å²) in [6.45, 7) is 1.74. The van der Waals surface area contributed by atoms with Gasteiger partial charge in [-0.15, -0.1) is 0 Å². The molecule has 0 saturated carbocycles. The van der Waals surface area contributed by atoms with Gasteiger partial charge in [0.15, 0.2) is 11.6 Å². The molecule has 2 amide bonds. The third-order valence-corrected chi connectivity index (χ3v) is 8.79. The molecule has 0 bridgehead atoms. The molecule has 0 aromatic heterocycles. The second-order valence-corrected chi connectivity index (χ2v) is 11.1. The molecule has 2 aromatic rings. The lowest BCUT2D eigenvalue weighted by Crippen LogP contribution is -2.40. The fraction of sp³-hybridized carbons (Fsp3) is 0.333. The van der Waals surface area contributed by atoms with Gasteiger partial charge >= 0.3 is 0 Å². The van der Waals surface area contributed by atoms with Gasteiger partial charge in [0, 0.05) is 34.7 Å². The zero-order chi connectivity index (χ0) is 28.8. The fourth-order valence-electron chi connectivity index (χ4n) is 6.93. The molecule has 8 heteroatoms. The molecule has 3 aliphatic carbocycles. The van der Waals surface area contributed by atoms with E-state index in [2.05, 4.69) is 0 Å². The van der Waals surface area contributed by atoms with Crippen molar-refractivity contribution < 1.29 is 34.1 Å². The maximum Gasteiger partial charge on any atom is 0.233 e. The largest absolute Gasteiger partial charge is 0.508 e. The molecule has 4 aliphatic rings. The molecule has 4 atom stereocenters. The molecule has 1 saturated heterocycles. The SMILES string of the molecule is CC1=CC(=O)C2=C(CC3C(=CCC4C(=O)N(CCc5ccc(O)cc5)C(=O)C43)C2c2ccccc2OCCO)C1=O. The zero-order valence-corrected chi connectivity index (χ0v) is 22.7. The van der Waals surface area contributed by atoms with Crippen LogP contribution in [0.5, 0.6) is 11.5 Å². The van der Waals surface area contributed by atoms with Gasteiger partial charge in [-0.3, -0.25) is 24.1 Å². The van der Waals surface area contributed by atoms with Crippen molar-refractivity contribution in [3.63, 3.8) is 0 Å². The second kappa shape index (κ2) is 10.6. The fourth-order valence-corrected chi connectivity index (χ4v) is 6.93. The minimum absolute atomic E-state index is 0.0671. The van der Waals surface area contributed by atoms with E-state index >= 15 is 0 Å². The highest BCUT2D eigenvalue weighted by Crippen LogP contribution is 2.56. The first-order valence-electron chi connectivity index (χ1n) is 14.0. The van der Waals surface area contributed by atoms with Crippen molar-refractivity contribution in [2.45, 2.75) is 32.1 Å². The number of carbonyl (C=O) groups is 4. The number of hydrogen-bond donors (Lipinski definition) is 2. The van der Waals surface area contributed by atoms with E-state index in [1.807, 2.05) is 18.2 Å². The Morgan fingerprint density at radius 1 is 0.976 bits per heavy atom. The number of fused-ring (bicyclic) bond motifs is 3. The number of nitrogens with zero attached hydrogens (tertiary/aromatic N) is 1. The smallest absolute Gasteiger partial charge is 0.233 e. The quantitative estimate of drug-likeness (QED) is 0.306. The van der Waals surface area contributed by atoms with Crippen LogP contribution in [0.3, 0.4) is 0 Å². The van der Waals surface area contributed by atoms with E-state index in [1.165, 1.54) is 11.0 Å². The predicted octanol–water partition coefficient (Wildman–Crippen LogP) is 3.44. The van der Waals surface area contributed by atoms with Crippen LogP contribution in [0, 0.1) is 17.8 Å². The van der Waals surface area contributed by atoms with E-state index in [0.29, 0.717) is 40.9 Å². The molecule has 2 aromatic carbocycles. The summed E-state index contributed by atoms with van der Waals surface area (Å²) < 4.78 is 5.85. The molecule has 0 spiro atoms. The first-order valence-corrected chi connectivity index (χ1v) is 14.0. The van der Waals surface area contributed by atoms with Gasteiger partial charge in [-0.2, -0.15) is 0 Å². The Balaban J connectivity index is 1.39. The van der Waals surface area contributed by atoms with E-state index in [9.17, 15) is 29.4 Å². The van der Waals surface area contributed by atoms with Crippen molar-refractivity contribution in [3.05, 3.63) is 94.1 Å². The lowest BCUT2D eigenvalue weighted by atomic mass is 9.59. The van der Waals surface area contributed by atoms with Crippen molar-refractivity contribution in [3.8, 4) is 11.5 Å². The lowest BCUT2D eigenvalue weighted by Gasteiger charge is -2.42. The molecule has 8 nitrogen and oxygen atoms in total. The first kappa shape index (κ1) is 26.9. The van der Waals surface area contributed by atoms with Crippen molar-refractivity contribution in [1.82, 2.24) is 4.90 Å². The summed E-state index contributed by atoms with van der Waals surface area (Å²) in [5.74, 6) is -2.41. The second-order valence-electron chi connectivity index (χ2n) is 11.1. The van der Waals surface area contributed by atoms with Gasteiger partial charge in [-0.1, -0.05) is 42.0 Å². The summed E-state index contributed by atoms with van der Waals surface area (Å²) in [5.41, 5.74) is 3.63. The number of amides is 2. The van der Waals surface area contributed by atoms with Crippen LogP contribution in [0.25, 0.3) is 0 Å². The maximum atomic E-state index is 13.9. The monoisotopic (exact) mass is 553 g/mol. The van der Waals surface area contributed by atoms with Crippen LogP contribution in [-0.4, -0.2) is 58.3 Å². The van der Waals surface area contributed by atoms with Crippen molar-refractivity contribution in [2.24, 2.45) is 17.8 Å². The number of aromatic hydroxyl groups is 1. The Kier molecular flexibility index (Phi) is 6.95. The normalized spacial score (nSPS) is 25.5. The van der Waals surface area contributed by atoms with E-state index in [-0.39, 0.29) is 55.3 Å². The third-order valence-electron chi connectivity index (χ3n) is 8.79. The Bertz CT molecular complexity index is 1550. The highest BCUT2D eigenvalue weighted by atomic mass is 16.5. The van der Waals surface area contributed by atoms with Crippen molar-refractivity contribution in [2.75, 3.05) is 19.8 Å². The average molecular weight is 554 g/mol. The zero-order valence-electron chi connectivity index (χ0n) is 22.7. The van der Waals surface area contributed by atoms with Crippen LogP contribution in [0.15, 0.2) is 83.0 Å². The Morgan fingerprint density at radius 2 is 1.73 bits per heavy atom. The van der Waals surface area contributed by atoms with E-state index in [1.54, 1.807) is 43.3 Å². The summed E-state index contributed by atoms with van der Waals surface area (Å²) in [7, 11) is 0. The van der Waals surface area contributed by atoms with Crippen molar-refractivity contribution in [1.29, 1.82) is 0 Å². The highest BCUT2D eigenvalue weighted by molar-refractivity contribution is 6.23. The lowest BCUT2D eigenvalue weighted by molar-refractivity contribution is -0.140. The molecule has 1 aliphatic heterocycles. The summed E-state index contributed by atoms with van der Waals surface area (Å²) in [6, 6.07) is 14.0. The third kappa shape index (κ3) is 4.52. The molecule has 41 heavy (non-hydrogen) atoms. The number of aliphatic hydroxyl groups is 1. The number of allylic oxidation sites excluding steroid dienone is 6. The number of hydrogen-bond acceptors (Lipinski definition) is 7. The summed E-state index contributed by atoms with van der Waals surface area (Å²) in [5, 5.41) is 19.0. The number of ether oxygens (including phenoxy) is 1. The number of likely N-dealkylation sites (tertiary alicyclic amines) is 1. The van der Waals surface area contributed by atoms with Gasteiger partial charge in [-0.25, -0.2) is 0 Å². The number of rotatable bonds is 7. The standard InChI is InChI=1S/C33H31NO7/c1-18-16-26(37)30-25(31(18)38)17-24-21(28(30)22-4-2-3-5-27(22)41-15-14-35)10-11-23-29(24)33(40)34(32(23)39)13-12-19-6-8-20(36)9-7-19/h2-10,16,23-24,28-29,35-36H,11-15,17H2,1H3. The molecular formula is C33H31NO7. The minimum Gasteiger partial charge on any atom is -0.508 e. The minimum atomic E-state index is -0.626. The average Bonchev–Trinajstić information content (AvgIpc) is 3.22. The van der Waals surface area contributed by atoms with Crippen LogP contribution < -0.4 is 4.74 Å². The number of ketones is 2. The van der Waals surface area contributed by atoms with Gasteiger partial charge in [0.2, 0.25) is 11.8 Å². The summed E-state index contributed by atoms with van der Waals surface area (Å²) in [6.07, 6.45) is 4.42. The molecule has 4 unspecified atom stereocenters. The van der Waals surface area contributed by atoms with Gasteiger partial charge in [0.05, 0.1) is 18.4 Å².